The monoisotopic (exact) mass is 274 g/mol. The van der Waals surface area contributed by atoms with Crippen LogP contribution in [0.1, 0.15) is 37.1 Å². The zero-order chi connectivity index (χ0) is 14.7. The molecule has 4 heteroatoms. The molecule has 0 saturated heterocycles. The van der Waals surface area contributed by atoms with Crippen LogP contribution >= 0.6 is 0 Å². The number of nitrogens with zero attached hydrogens (tertiary/aromatic N) is 2. The van der Waals surface area contributed by atoms with E-state index >= 15 is 0 Å². The number of aliphatic hydroxyl groups excluding tert-OH is 1. The Morgan fingerprint density at radius 2 is 1.90 bits per heavy atom. The topological polar surface area (TPSA) is 36.4 Å². The third-order valence-corrected chi connectivity index (χ3v) is 3.55. The van der Waals surface area contributed by atoms with E-state index in [1.807, 2.05) is 31.0 Å². The van der Waals surface area contributed by atoms with Crippen LogP contribution in [-0.2, 0) is 0 Å². The highest BCUT2D eigenvalue weighted by Crippen LogP contribution is 2.26. The molecule has 2 atom stereocenters. The zero-order valence-corrected chi connectivity index (χ0v) is 11.9. The molecule has 20 heavy (non-hydrogen) atoms. The van der Waals surface area contributed by atoms with Crippen LogP contribution in [0.5, 0.6) is 0 Å². The second kappa shape index (κ2) is 6.01. The fraction of sp³-hybridized carbons (Fsp3) is 0.312. The molecule has 0 aliphatic heterocycles. The largest absolute Gasteiger partial charge is 0.389 e. The van der Waals surface area contributed by atoms with Crippen molar-refractivity contribution < 1.29 is 9.50 Å². The minimum absolute atomic E-state index is 0.145. The summed E-state index contributed by atoms with van der Waals surface area (Å²) in [6.45, 7) is 3.63. The Kier molecular flexibility index (Phi) is 4.35. The molecule has 2 rings (SSSR count). The van der Waals surface area contributed by atoms with E-state index in [4.69, 9.17) is 0 Å². The molecule has 0 aliphatic carbocycles. The van der Waals surface area contributed by atoms with Gasteiger partial charge in [-0.15, -0.1) is 0 Å². The van der Waals surface area contributed by atoms with Gasteiger partial charge in [-0.2, -0.15) is 0 Å². The summed E-state index contributed by atoms with van der Waals surface area (Å²) in [4.78, 5) is 6.18. The second-order valence-electron chi connectivity index (χ2n) is 4.93. The molecule has 0 bridgehead atoms. The molecule has 1 aromatic heterocycles. The summed E-state index contributed by atoms with van der Waals surface area (Å²) in [5, 5.41) is 9.62. The van der Waals surface area contributed by atoms with Crippen molar-refractivity contribution in [3.05, 3.63) is 59.5 Å². The molecule has 1 unspecified atom stereocenters. The minimum Gasteiger partial charge on any atom is -0.389 e. The summed E-state index contributed by atoms with van der Waals surface area (Å²) in [5.41, 5.74) is 1.42. The number of halogens is 1. The molecule has 106 valence electrons. The lowest BCUT2D eigenvalue weighted by Gasteiger charge is -2.27. The van der Waals surface area contributed by atoms with Crippen molar-refractivity contribution in [2.45, 2.75) is 26.0 Å². The predicted molar refractivity (Wildman–Crippen MR) is 78.1 cm³/mol. The Hall–Kier alpha value is -1.94. The molecule has 1 N–H and O–H groups in total. The summed E-state index contributed by atoms with van der Waals surface area (Å²) in [5.74, 6) is 0.484. The maximum atomic E-state index is 13.8. The summed E-state index contributed by atoms with van der Waals surface area (Å²) in [7, 11) is 1.87. The molecular formula is C16H19FN2O. The molecule has 0 aliphatic rings. The van der Waals surface area contributed by atoms with Gasteiger partial charge in [-0.1, -0.05) is 18.2 Å². The van der Waals surface area contributed by atoms with Crippen LogP contribution in [0.4, 0.5) is 10.2 Å². The standard InChI is InChI=1S/C16H19FN2O/c1-11(14-6-4-5-7-15(14)17)19(3)16-10-13(12(2)20)8-9-18-16/h4-12,20H,1-3H3/t11?,12-/m0/s1. The average molecular weight is 274 g/mol. The molecule has 0 spiro atoms. The first kappa shape index (κ1) is 14.5. The van der Waals surface area contributed by atoms with Crippen LogP contribution < -0.4 is 4.90 Å². The predicted octanol–water partition coefficient (Wildman–Crippen LogP) is 3.47. The summed E-state index contributed by atoms with van der Waals surface area (Å²) >= 11 is 0. The molecule has 1 heterocycles. The molecule has 0 fully saturated rings. The number of aromatic nitrogens is 1. The number of benzene rings is 1. The van der Waals surface area contributed by atoms with Gasteiger partial charge >= 0.3 is 0 Å². The fourth-order valence-corrected chi connectivity index (χ4v) is 2.11. The molecule has 1 aromatic carbocycles. The van der Waals surface area contributed by atoms with Crippen LogP contribution in [0.3, 0.4) is 0 Å². The summed E-state index contributed by atoms with van der Waals surface area (Å²) < 4.78 is 13.8. The first-order valence-electron chi connectivity index (χ1n) is 6.62. The highest BCUT2D eigenvalue weighted by Gasteiger charge is 2.17. The minimum atomic E-state index is -0.547. The maximum absolute atomic E-state index is 13.8. The SMILES string of the molecule is CC(c1ccccc1F)N(C)c1cc([C@H](C)O)ccn1. The third-order valence-electron chi connectivity index (χ3n) is 3.55. The highest BCUT2D eigenvalue weighted by molar-refractivity contribution is 5.43. The number of rotatable bonds is 4. The first-order valence-corrected chi connectivity index (χ1v) is 6.62. The third kappa shape index (κ3) is 2.96. The first-order chi connectivity index (χ1) is 9.50. The van der Waals surface area contributed by atoms with Gasteiger partial charge in [0.1, 0.15) is 11.6 Å². The van der Waals surface area contributed by atoms with E-state index in [9.17, 15) is 9.50 Å². The van der Waals surface area contributed by atoms with E-state index in [2.05, 4.69) is 4.98 Å². The van der Waals surface area contributed by atoms with E-state index < -0.39 is 6.10 Å². The fourth-order valence-electron chi connectivity index (χ4n) is 2.11. The number of hydrogen-bond donors (Lipinski definition) is 1. The number of anilines is 1. The van der Waals surface area contributed by atoms with Crippen LogP contribution in [-0.4, -0.2) is 17.1 Å². The molecule has 0 saturated carbocycles. The van der Waals surface area contributed by atoms with E-state index in [0.29, 0.717) is 11.4 Å². The van der Waals surface area contributed by atoms with Gasteiger partial charge in [-0.05, 0) is 37.6 Å². The van der Waals surface area contributed by atoms with Gasteiger partial charge in [0.05, 0.1) is 12.1 Å². The van der Waals surface area contributed by atoms with Crippen LogP contribution in [0.15, 0.2) is 42.6 Å². The molecular weight excluding hydrogens is 255 g/mol. The van der Waals surface area contributed by atoms with Gasteiger partial charge in [0.15, 0.2) is 0 Å². The van der Waals surface area contributed by atoms with Gasteiger partial charge < -0.3 is 10.0 Å². The van der Waals surface area contributed by atoms with Crippen molar-refractivity contribution in [2.24, 2.45) is 0 Å². The number of aliphatic hydroxyl groups is 1. The van der Waals surface area contributed by atoms with Crippen LogP contribution in [0, 0.1) is 5.82 Å². The van der Waals surface area contributed by atoms with Crippen molar-refractivity contribution >= 4 is 5.82 Å². The van der Waals surface area contributed by atoms with Crippen LogP contribution in [0.25, 0.3) is 0 Å². The average Bonchev–Trinajstić information content (AvgIpc) is 2.46. The van der Waals surface area contributed by atoms with Crippen LogP contribution in [0.2, 0.25) is 0 Å². The quantitative estimate of drug-likeness (QED) is 0.927. The summed E-state index contributed by atoms with van der Waals surface area (Å²) in [6.07, 6.45) is 1.11. The van der Waals surface area contributed by atoms with Crippen molar-refractivity contribution in [1.82, 2.24) is 4.98 Å². The van der Waals surface area contributed by atoms with E-state index in [-0.39, 0.29) is 11.9 Å². The highest BCUT2D eigenvalue weighted by atomic mass is 19.1. The Morgan fingerprint density at radius 1 is 1.20 bits per heavy atom. The van der Waals surface area contributed by atoms with Crippen molar-refractivity contribution in [3.8, 4) is 0 Å². The Morgan fingerprint density at radius 3 is 2.55 bits per heavy atom. The molecule has 3 nitrogen and oxygen atoms in total. The number of pyridine rings is 1. The van der Waals surface area contributed by atoms with Crippen molar-refractivity contribution in [2.75, 3.05) is 11.9 Å². The Bertz CT molecular complexity index is 586. The molecule has 2 aromatic rings. The maximum Gasteiger partial charge on any atom is 0.129 e. The zero-order valence-electron chi connectivity index (χ0n) is 11.9. The Labute approximate surface area is 118 Å². The lowest BCUT2D eigenvalue weighted by molar-refractivity contribution is 0.199. The van der Waals surface area contributed by atoms with Gasteiger partial charge in [0, 0.05) is 18.8 Å². The van der Waals surface area contributed by atoms with Gasteiger partial charge in [-0.25, -0.2) is 9.37 Å². The van der Waals surface area contributed by atoms with E-state index in [0.717, 1.165) is 5.56 Å². The number of hydrogen-bond acceptors (Lipinski definition) is 3. The van der Waals surface area contributed by atoms with Crippen molar-refractivity contribution in [1.29, 1.82) is 0 Å². The Balaban J connectivity index is 2.29. The van der Waals surface area contributed by atoms with Crippen molar-refractivity contribution in [3.63, 3.8) is 0 Å². The lowest BCUT2D eigenvalue weighted by Crippen LogP contribution is -2.23. The molecule has 0 radical (unpaired) electrons. The van der Waals surface area contributed by atoms with Gasteiger partial charge in [-0.3, -0.25) is 0 Å². The van der Waals surface area contributed by atoms with E-state index in [1.54, 1.807) is 31.3 Å². The van der Waals surface area contributed by atoms with Gasteiger partial charge in [0.2, 0.25) is 0 Å². The second-order valence-corrected chi connectivity index (χ2v) is 4.93. The normalized spacial score (nSPS) is 13.8. The lowest BCUT2D eigenvalue weighted by atomic mass is 10.1. The van der Waals surface area contributed by atoms with E-state index in [1.165, 1.54) is 6.07 Å². The van der Waals surface area contributed by atoms with Gasteiger partial charge in [0.25, 0.3) is 0 Å². The smallest absolute Gasteiger partial charge is 0.129 e. The molecule has 0 amide bonds. The summed E-state index contributed by atoms with van der Waals surface area (Å²) in [6, 6.07) is 10.2.